The van der Waals surface area contributed by atoms with Crippen LogP contribution in [0.5, 0.6) is 11.5 Å². The van der Waals surface area contributed by atoms with E-state index in [1.165, 1.54) is 5.69 Å². The minimum Gasteiger partial charge on any atom is -0.495 e. The molecule has 184 valence electrons. The standard InChI is InChI=1S/C25H28Cl2N6O2/c1-32-8-10-33(11-9-32)16-5-7-18-19(13-16)29-25(28-18)20-12-15(30-31-20)4-6-17-23(26)21(34-2)14-22(35-3)24(17)27/h5,7,12-14H,4,6,8-11H2,1-3H3,(H,28,29)(H,30,31). The fourth-order valence-electron chi connectivity index (χ4n) is 4.41. The lowest BCUT2D eigenvalue weighted by atomic mass is 10.1. The molecule has 35 heavy (non-hydrogen) atoms. The van der Waals surface area contributed by atoms with Gasteiger partial charge in [0.15, 0.2) is 5.82 Å². The van der Waals surface area contributed by atoms with Gasteiger partial charge in [-0.25, -0.2) is 4.98 Å². The van der Waals surface area contributed by atoms with Gasteiger partial charge in [-0.1, -0.05) is 23.2 Å². The van der Waals surface area contributed by atoms with Crippen LogP contribution in [0.15, 0.2) is 30.3 Å². The number of nitrogens with one attached hydrogen (secondary N) is 2. The minimum absolute atomic E-state index is 0.492. The van der Waals surface area contributed by atoms with Crippen LogP contribution in [0, 0.1) is 0 Å². The number of benzene rings is 2. The molecule has 1 aliphatic heterocycles. The molecule has 2 aromatic carbocycles. The molecule has 2 aromatic heterocycles. The van der Waals surface area contributed by atoms with E-state index < -0.39 is 0 Å². The third-order valence-corrected chi connectivity index (χ3v) is 7.35. The molecule has 1 fully saturated rings. The lowest BCUT2D eigenvalue weighted by Crippen LogP contribution is -2.44. The second kappa shape index (κ2) is 9.97. The third kappa shape index (κ3) is 4.78. The Labute approximate surface area is 214 Å². The zero-order valence-electron chi connectivity index (χ0n) is 20.0. The molecule has 0 saturated carbocycles. The normalized spacial score (nSPS) is 14.6. The van der Waals surface area contributed by atoms with Gasteiger partial charge >= 0.3 is 0 Å². The number of aromatic nitrogens is 4. The summed E-state index contributed by atoms with van der Waals surface area (Å²) >= 11 is 13.0. The van der Waals surface area contributed by atoms with Crippen molar-refractivity contribution in [2.75, 3.05) is 52.3 Å². The van der Waals surface area contributed by atoms with Crippen molar-refractivity contribution in [3.63, 3.8) is 0 Å². The highest BCUT2D eigenvalue weighted by atomic mass is 35.5. The van der Waals surface area contributed by atoms with Gasteiger partial charge in [-0.15, -0.1) is 0 Å². The van der Waals surface area contributed by atoms with E-state index >= 15 is 0 Å². The molecule has 0 bridgehead atoms. The monoisotopic (exact) mass is 514 g/mol. The maximum Gasteiger partial charge on any atom is 0.159 e. The van der Waals surface area contributed by atoms with E-state index in [-0.39, 0.29) is 0 Å². The van der Waals surface area contributed by atoms with Gasteiger partial charge in [0, 0.05) is 43.6 Å². The van der Waals surface area contributed by atoms with Crippen LogP contribution in [0.4, 0.5) is 5.69 Å². The number of fused-ring (bicyclic) bond motifs is 1. The molecule has 4 aromatic rings. The van der Waals surface area contributed by atoms with E-state index in [4.69, 9.17) is 37.7 Å². The van der Waals surface area contributed by atoms with E-state index in [2.05, 4.69) is 50.2 Å². The fraction of sp³-hybridized carbons (Fsp3) is 0.360. The molecule has 8 nitrogen and oxygen atoms in total. The van der Waals surface area contributed by atoms with Gasteiger partial charge in [-0.3, -0.25) is 5.10 Å². The molecule has 3 heterocycles. The molecule has 0 unspecified atom stereocenters. The third-order valence-electron chi connectivity index (χ3n) is 6.52. The number of halogens is 2. The average Bonchev–Trinajstić information content (AvgIpc) is 3.51. The highest BCUT2D eigenvalue weighted by Crippen LogP contribution is 2.41. The van der Waals surface area contributed by atoms with Crippen molar-refractivity contribution in [3.8, 4) is 23.0 Å². The van der Waals surface area contributed by atoms with Gasteiger partial charge in [0.05, 0.1) is 35.3 Å². The molecule has 0 spiro atoms. The van der Waals surface area contributed by atoms with Crippen LogP contribution in [0.3, 0.4) is 0 Å². The Bertz CT molecular complexity index is 1320. The first kappa shape index (κ1) is 23.8. The molecule has 0 radical (unpaired) electrons. The highest BCUT2D eigenvalue weighted by molar-refractivity contribution is 6.37. The topological polar surface area (TPSA) is 82.3 Å². The summed E-state index contributed by atoms with van der Waals surface area (Å²) in [4.78, 5) is 12.9. The Morgan fingerprint density at radius 1 is 0.943 bits per heavy atom. The summed E-state index contributed by atoms with van der Waals surface area (Å²) in [7, 11) is 5.30. The van der Waals surface area contributed by atoms with Crippen molar-refractivity contribution in [2.24, 2.45) is 0 Å². The van der Waals surface area contributed by atoms with Crippen LogP contribution < -0.4 is 14.4 Å². The maximum atomic E-state index is 6.52. The van der Waals surface area contributed by atoms with E-state index in [0.717, 1.165) is 60.0 Å². The van der Waals surface area contributed by atoms with E-state index in [0.29, 0.717) is 34.4 Å². The number of rotatable bonds is 7. The van der Waals surface area contributed by atoms with E-state index in [1.54, 1.807) is 20.3 Å². The number of likely N-dealkylation sites (N-methyl/N-ethyl adjacent to an activating group) is 1. The molecular weight excluding hydrogens is 487 g/mol. The molecular formula is C25H28Cl2N6O2. The predicted octanol–water partition coefficient (Wildman–Crippen LogP) is 4.81. The van der Waals surface area contributed by atoms with Crippen LogP contribution in [0.1, 0.15) is 11.3 Å². The van der Waals surface area contributed by atoms with Crippen LogP contribution in [-0.4, -0.2) is 72.5 Å². The Balaban J connectivity index is 1.33. The summed E-state index contributed by atoms with van der Waals surface area (Å²) < 4.78 is 10.7. The number of piperazine rings is 1. The van der Waals surface area contributed by atoms with Gasteiger partial charge in [0.1, 0.15) is 17.2 Å². The number of methoxy groups -OCH3 is 2. The SMILES string of the molecule is COc1cc(OC)c(Cl)c(CCc2cc(-c3nc4ccc(N5CCN(C)CC5)cc4[nH]3)n[nH]2)c1Cl. The highest BCUT2D eigenvalue weighted by Gasteiger charge is 2.19. The lowest BCUT2D eigenvalue weighted by Gasteiger charge is -2.34. The number of aryl methyl sites for hydroxylation is 1. The second-order valence-corrected chi connectivity index (χ2v) is 9.50. The number of hydrogen-bond donors (Lipinski definition) is 2. The Hall–Kier alpha value is -2.94. The van der Waals surface area contributed by atoms with Crippen molar-refractivity contribution in [3.05, 3.63) is 51.6 Å². The smallest absolute Gasteiger partial charge is 0.159 e. The number of anilines is 1. The minimum atomic E-state index is 0.492. The number of H-pyrrole nitrogens is 2. The number of ether oxygens (including phenoxy) is 2. The quantitative estimate of drug-likeness (QED) is 0.368. The number of nitrogens with zero attached hydrogens (tertiary/aromatic N) is 4. The zero-order valence-corrected chi connectivity index (χ0v) is 21.5. The summed E-state index contributed by atoms with van der Waals surface area (Å²) in [6.45, 7) is 4.19. The summed E-state index contributed by atoms with van der Waals surface area (Å²) in [5.74, 6) is 1.80. The Morgan fingerprint density at radius 3 is 2.34 bits per heavy atom. The average molecular weight is 515 g/mol. The van der Waals surface area contributed by atoms with Crippen LogP contribution in [0.2, 0.25) is 10.0 Å². The van der Waals surface area contributed by atoms with Gasteiger partial charge in [-0.05, 0) is 49.7 Å². The first-order valence-electron chi connectivity index (χ1n) is 11.5. The Morgan fingerprint density at radius 2 is 1.66 bits per heavy atom. The van der Waals surface area contributed by atoms with Gasteiger partial charge in [-0.2, -0.15) is 5.10 Å². The van der Waals surface area contributed by atoms with Crippen LogP contribution in [-0.2, 0) is 12.8 Å². The first-order valence-corrected chi connectivity index (χ1v) is 12.3. The number of hydrogen-bond acceptors (Lipinski definition) is 6. The molecule has 1 aliphatic rings. The van der Waals surface area contributed by atoms with E-state index in [9.17, 15) is 0 Å². The first-order chi connectivity index (χ1) is 17.0. The van der Waals surface area contributed by atoms with Crippen molar-refractivity contribution in [1.82, 2.24) is 25.1 Å². The summed E-state index contributed by atoms with van der Waals surface area (Å²) in [6, 6.07) is 10.1. The largest absolute Gasteiger partial charge is 0.495 e. The number of aromatic amines is 2. The Kier molecular flexibility index (Phi) is 6.77. The molecule has 0 aliphatic carbocycles. The summed E-state index contributed by atoms with van der Waals surface area (Å²) in [5.41, 5.74) is 5.63. The fourth-order valence-corrected chi connectivity index (χ4v) is 5.10. The zero-order chi connectivity index (χ0) is 24.5. The van der Waals surface area contributed by atoms with Crippen LogP contribution >= 0.6 is 23.2 Å². The summed E-state index contributed by atoms with van der Waals surface area (Å²) in [6.07, 6.45) is 1.26. The van der Waals surface area contributed by atoms with Crippen molar-refractivity contribution in [1.29, 1.82) is 0 Å². The number of imidazole rings is 1. The molecule has 1 saturated heterocycles. The second-order valence-electron chi connectivity index (χ2n) is 8.74. The molecule has 5 rings (SSSR count). The van der Waals surface area contributed by atoms with Crippen molar-refractivity contribution >= 4 is 39.9 Å². The van der Waals surface area contributed by atoms with Gasteiger partial charge in [0.25, 0.3) is 0 Å². The molecule has 2 N–H and O–H groups in total. The van der Waals surface area contributed by atoms with Gasteiger partial charge < -0.3 is 24.3 Å². The van der Waals surface area contributed by atoms with Crippen LogP contribution in [0.25, 0.3) is 22.6 Å². The molecule has 10 heteroatoms. The molecule has 0 amide bonds. The van der Waals surface area contributed by atoms with E-state index in [1.807, 2.05) is 6.07 Å². The lowest BCUT2D eigenvalue weighted by molar-refractivity contribution is 0.313. The van der Waals surface area contributed by atoms with Crippen molar-refractivity contribution in [2.45, 2.75) is 12.8 Å². The summed E-state index contributed by atoms with van der Waals surface area (Å²) in [5, 5.41) is 8.57. The van der Waals surface area contributed by atoms with Gasteiger partial charge in [0.2, 0.25) is 0 Å². The molecule has 0 atom stereocenters. The maximum absolute atomic E-state index is 6.52. The predicted molar refractivity (Wildman–Crippen MR) is 140 cm³/mol. The van der Waals surface area contributed by atoms with Crippen molar-refractivity contribution < 1.29 is 9.47 Å².